The summed E-state index contributed by atoms with van der Waals surface area (Å²) in [5.41, 5.74) is 0.245. The fourth-order valence-corrected chi connectivity index (χ4v) is 9.21. The molecule has 4 saturated carbocycles. The fraction of sp³-hybridized carbons (Fsp3) is 0.966. The SMILES string of the molecule is C[C@H](CCC(=O)OCC[N+](C)(C)C)[C@H]1CC[C@H]2[C@@H]3CC[C@@H]4C[C@H](O)CC[C@]4(C)[C@H]3C[C@H](O)[C@]12C. The van der Waals surface area contributed by atoms with Gasteiger partial charge in [-0.1, -0.05) is 20.8 Å². The molecule has 0 aromatic heterocycles. The van der Waals surface area contributed by atoms with E-state index >= 15 is 0 Å². The maximum absolute atomic E-state index is 12.4. The highest BCUT2D eigenvalue weighted by Crippen LogP contribution is 2.68. The van der Waals surface area contributed by atoms with Gasteiger partial charge in [0.15, 0.2) is 0 Å². The molecule has 196 valence electrons. The second kappa shape index (κ2) is 9.67. The second-order valence-corrected chi connectivity index (χ2v) is 14.1. The smallest absolute Gasteiger partial charge is 0.306 e. The summed E-state index contributed by atoms with van der Waals surface area (Å²) in [5, 5.41) is 22.0. The number of hydrogen-bond donors (Lipinski definition) is 2. The maximum atomic E-state index is 12.4. The van der Waals surface area contributed by atoms with E-state index in [2.05, 4.69) is 41.9 Å². The molecule has 0 spiro atoms. The third-order valence-electron chi connectivity index (χ3n) is 11.3. The van der Waals surface area contributed by atoms with E-state index < -0.39 is 0 Å². The number of aliphatic hydroxyl groups is 2. The zero-order valence-corrected chi connectivity index (χ0v) is 22.8. The number of fused-ring (bicyclic) bond motifs is 5. The van der Waals surface area contributed by atoms with Crippen LogP contribution >= 0.6 is 0 Å². The predicted octanol–water partition coefficient (Wildman–Crippen LogP) is 4.64. The first kappa shape index (κ1) is 26.4. The monoisotopic (exact) mass is 478 g/mol. The van der Waals surface area contributed by atoms with Crippen molar-refractivity contribution in [3.63, 3.8) is 0 Å². The van der Waals surface area contributed by atoms with E-state index in [1.54, 1.807) is 0 Å². The van der Waals surface area contributed by atoms with Gasteiger partial charge >= 0.3 is 5.97 Å². The van der Waals surface area contributed by atoms with Gasteiger partial charge in [0.2, 0.25) is 0 Å². The second-order valence-electron chi connectivity index (χ2n) is 14.1. The van der Waals surface area contributed by atoms with Crippen LogP contribution in [0.15, 0.2) is 0 Å². The molecule has 5 heteroatoms. The van der Waals surface area contributed by atoms with Gasteiger partial charge in [0.05, 0.1) is 33.4 Å². The molecule has 0 heterocycles. The van der Waals surface area contributed by atoms with Gasteiger partial charge in [0.1, 0.15) is 13.2 Å². The molecule has 34 heavy (non-hydrogen) atoms. The number of quaternary nitrogens is 1. The average molecular weight is 479 g/mol. The van der Waals surface area contributed by atoms with Crippen LogP contribution in [0.5, 0.6) is 0 Å². The number of ether oxygens (including phenoxy) is 1. The van der Waals surface area contributed by atoms with Crippen LogP contribution < -0.4 is 0 Å². The Morgan fingerprint density at radius 2 is 1.76 bits per heavy atom. The minimum absolute atomic E-state index is 0.0361. The third-order valence-corrected chi connectivity index (χ3v) is 11.3. The summed E-state index contributed by atoms with van der Waals surface area (Å²) in [6, 6.07) is 0. The van der Waals surface area contributed by atoms with Gasteiger partial charge in [-0.3, -0.25) is 4.79 Å². The summed E-state index contributed by atoms with van der Waals surface area (Å²) >= 11 is 0. The van der Waals surface area contributed by atoms with Crippen LogP contribution in [-0.4, -0.2) is 67.2 Å². The molecule has 2 N–H and O–H groups in total. The molecule has 4 fully saturated rings. The first-order valence-corrected chi connectivity index (χ1v) is 14.2. The summed E-state index contributed by atoms with van der Waals surface area (Å²) < 4.78 is 6.30. The van der Waals surface area contributed by atoms with E-state index in [-0.39, 0.29) is 29.0 Å². The van der Waals surface area contributed by atoms with Crippen molar-refractivity contribution < 1.29 is 24.2 Å². The normalized spacial score (nSPS) is 45.1. The van der Waals surface area contributed by atoms with Crippen molar-refractivity contribution >= 4 is 5.97 Å². The number of nitrogens with zero attached hydrogens (tertiary/aromatic N) is 1. The van der Waals surface area contributed by atoms with Gasteiger partial charge in [0.25, 0.3) is 0 Å². The topological polar surface area (TPSA) is 66.8 Å². The van der Waals surface area contributed by atoms with E-state index in [9.17, 15) is 15.0 Å². The number of likely N-dealkylation sites (N-methyl/N-ethyl adjacent to an activating group) is 1. The molecule has 0 aromatic rings. The maximum Gasteiger partial charge on any atom is 0.306 e. The first-order valence-electron chi connectivity index (χ1n) is 14.2. The lowest BCUT2D eigenvalue weighted by Gasteiger charge is -2.62. The highest BCUT2D eigenvalue weighted by atomic mass is 16.5. The lowest BCUT2D eigenvalue weighted by molar-refractivity contribution is -0.870. The molecule has 5 nitrogen and oxygen atoms in total. The van der Waals surface area contributed by atoms with E-state index in [0.29, 0.717) is 48.5 Å². The Kier molecular flexibility index (Phi) is 7.51. The van der Waals surface area contributed by atoms with Crippen LogP contribution in [0.1, 0.15) is 85.0 Å². The molecule has 4 rings (SSSR count). The Labute approximate surface area is 208 Å². The lowest BCUT2D eigenvalue weighted by atomic mass is 9.43. The van der Waals surface area contributed by atoms with Crippen LogP contribution in [0.2, 0.25) is 0 Å². The molecule has 0 amide bonds. The average Bonchev–Trinajstić information content (AvgIpc) is 3.11. The standard InChI is InChI=1S/C29H52NO4/c1-19(7-12-27(33)34-16-15-30(4,5)6)23-10-11-24-22-9-8-20-17-21(31)13-14-28(20,2)25(22)18-26(32)29(23,24)3/h19-26,31-32H,7-18H2,1-6H3/q+1/t19-,20-,21-,22+,23-,24+,25+,26+,28+,29-/m1/s1. The Bertz CT molecular complexity index is 734. The van der Waals surface area contributed by atoms with Crippen molar-refractivity contribution in [2.24, 2.45) is 46.3 Å². The van der Waals surface area contributed by atoms with Crippen molar-refractivity contribution in [1.82, 2.24) is 0 Å². The van der Waals surface area contributed by atoms with Crippen LogP contribution in [-0.2, 0) is 9.53 Å². The molecule has 0 unspecified atom stereocenters. The van der Waals surface area contributed by atoms with Crippen molar-refractivity contribution in [2.45, 2.75) is 97.2 Å². The highest BCUT2D eigenvalue weighted by molar-refractivity contribution is 5.69. The van der Waals surface area contributed by atoms with E-state index in [1.807, 2.05) is 0 Å². The van der Waals surface area contributed by atoms with Crippen LogP contribution in [0.3, 0.4) is 0 Å². The van der Waals surface area contributed by atoms with Crippen molar-refractivity contribution in [2.75, 3.05) is 34.3 Å². The summed E-state index contributed by atoms with van der Waals surface area (Å²) in [7, 11) is 6.33. The van der Waals surface area contributed by atoms with Gasteiger partial charge in [-0.15, -0.1) is 0 Å². The van der Waals surface area contributed by atoms with E-state index in [1.165, 1.54) is 25.7 Å². The molecule has 4 aliphatic carbocycles. The first-order chi connectivity index (χ1) is 15.9. The number of rotatable bonds is 7. The Morgan fingerprint density at radius 1 is 1.03 bits per heavy atom. The molecule has 0 saturated heterocycles. The van der Waals surface area contributed by atoms with Gasteiger partial charge in [-0.05, 0) is 104 Å². The van der Waals surface area contributed by atoms with Gasteiger partial charge < -0.3 is 19.4 Å². The minimum atomic E-state index is -0.257. The molecular weight excluding hydrogens is 426 g/mol. The van der Waals surface area contributed by atoms with E-state index in [0.717, 1.165) is 43.1 Å². The van der Waals surface area contributed by atoms with Gasteiger partial charge in [0, 0.05) is 6.42 Å². The van der Waals surface area contributed by atoms with Crippen LogP contribution in [0.25, 0.3) is 0 Å². The fourth-order valence-electron chi connectivity index (χ4n) is 9.21. The molecular formula is C29H52NO4+. The highest BCUT2D eigenvalue weighted by Gasteiger charge is 2.63. The summed E-state index contributed by atoms with van der Waals surface area (Å²) in [5.74, 6) is 3.34. The summed E-state index contributed by atoms with van der Waals surface area (Å²) in [6.07, 6.45) is 9.82. The zero-order valence-electron chi connectivity index (χ0n) is 22.8. The van der Waals surface area contributed by atoms with Crippen molar-refractivity contribution in [3.05, 3.63) is 0 Å². The summed E-state index contributed by atoms with van der Waals surface area (Å²) in [4.78, 5) is 12.4. The van der Waals surface area contributed by atoms with Gasteiger partial charge in [-0.25, -0.2) is 0 Å². The Balaban J connectivity index is 1.39. The van der Waals surface area contributed by atoms with Crippen molar-refractivity contribution in [3.8, 4) is 0 Å². The molecule has 10 atom stereocenters. The summed E-state index contributed by atoms with van der Waals surface area (Å²) in [6.45, 7) is 8.48. The molecule has 0 aromatic carbocycles. The van der Waals surface area contributed by atoms with Gasteiger partial charge in [-0.2, -0.15) is 0 Å². The Hall–Kier alpha value is -0.650. The zero-order chi connectivity index (χ0) is 24.9. The Morgan fingerprint density at radius 3 is 2.47 bits per heavy atom. The van der Waals surface area contributed by atoms with Crippen LogP contribution in [0, 0.1) is 46.3 Å². The van der Waals surface area contributed by atoms with Crippen LogP contribution in [0.4, 0.5) is 0 Å². The number of esters is 1. The molecule has 0 bridgehead atoms. The molecule has 0 aliphatic heterocycles. The molecule has 4 aliphatic rings. The quantitative estimate of drug-likeness (QED) is 0.413. The lowest BCUT2D eigenvalue weighted by Crippen LogP contribution is -2.58. The predicted molar refractivity (Wildman–Crippen MR) is 135 cm³/mol. The number of aliphatic hydroxyl groups excluding tert-OH is 2. The van der Waals surface area contributed by atoms with E-state index in [4.69, 9.17) is 4.74 Å². The number of carbonyl (C=O) groups is 1. The molecule has 0 radical (unpaired) electrons. The third kappa shape index (κ3) is 4.83. The largest absolute Gasteiger partial charge is 0.460 e. The van der Waals surface area contributed by atoms with Crippen molar-refractivity contribution in [1.29, 1.82) is 0 Å². The minimum Gasteiger partial charge on any atom is -0.460 e. The number of hydrogen-bond acceptors (Lipinski definition) is 4. The number of carbonyl (C=O) groups excluding carboxylic acids is 1.